The predicted octanol–water partition coefficient (Wildman–Crippen LogP) is 3.62. The average molecular weight is 304 g/mol. The molecule has 2 rings (SSSR count). The Balaban J connectivity index is 2.70. The highest BCUT2D eigenvalue weighted by atomic mass is 35.5. The second kappa shape index (κ2) is 5.10. The van der Waals surface area contributed by atoms with Gasteiger partial charge in [0.05, 0.1) is 27.7 Å². The molecule has 0 saturated heterocycles. The molecule has 0 aliphatic carbocycles. The lowest BCUT2D eigenvalue weighted by molar-refractivity contribution is -0.137. The van der Waals surface area contributed by atoms with Crippen LogP contribution < -0.4 is 5.73 Å². The van der Waals surface area contributed by atoms with E-state index in [1.807, 2.05) is 0 Å². The molecular formula is C13H13ClF3N3. The van der Waals surface area contributed by atoms with Crippen LogP contribution in [0.15, 0.2) is 18.2 Å². The van der Waals surface area contributed by atoms with E-state index in [0.717, 1.165) is 6.07 Å². The van der Waals surface area contributed by atoms with E-state index >= 15 is 0 Å². The van der Waals surface area contributed by atoms with E-state index in [2.05, 4.69) is 5.10 Å². The van der Waals surface area contributed by atoms with Crippen LogP contribution in [0.3, 0.4) is 0 Å². The van der Waals surface area contributed by atoms with Crippen LogP contribution in [0.4, 0.5) is 13.2 Å². The Kier molecular flexibility index (Phi) is 3.80. The summed E-state index contributed by atoms with van der Waals surface area (Å²) < 4.78 is 40.7. The number of aryl methyl sites for hydroxylation is 1. The van der Waals surface area contributed by atoms with E-state index < -0.39 is 11.7 Å². The molecule has 0 fully saturated rings. The highest BCUT2D eigenvalue weighted by molar-refractivity contribution is 6.31. The first-order valence-electron chi connectivity index (χ1n) is 5.88. The topological polar surface area (TPSA) is 43.8 Å². The molecule has 20 heavy (non-hydrogen) atoms. The molecule has 7 heteroatoms. The molecule has 2 aromatic rings. The first-order chi connectivity index (χ1) is 9.25. The molecule has 2 N–H and O–H groups in total. The largest absolute Gasteiger partial charge is 0.418 e. The third-order valence-electron chi connectivity index (χ3n) is 3.03. The molecule has 0 aliphatic rings. The number of alkyl halides is 3. The molecule has 0 unspecified atom stereocenters. The number of hydrogen-bond acceptors (Lipinski definition) is 2. The van der Waals surface area contributed by atoms with Crippen molar-refractivity contribution >= 4 is 11.6 Å². The van der Waals surface area contributed by atoms with Crippen molar-refractivity contribution in [1.82, 2.24) is 9.78 Å². The normalized spacial score (nSPS) is 11.9. The van der Waals surface area contributed by atoms with Gasteiger partial charge in [-0.15, -0.1) is 0 Å². The summed E-state index contributed by atoms with van der Waals surface area (Å²) in [4.78, 5) is 0. The van der Waals surface area contributed by atoms with Gasteiger partial charge in [0.1, 0.15) is 0 Å². The number of nitrogens with two attached hydrogens (primary N) is 1. The van der Waals surface area contributed by atoms with Gasteiger partial charge in [-0.3, -0.25) is 0 Å². The Hall–Kier alpha value is -1.53. The SMILES string of the molecule is Cc1nn(-c2ccc(CN)cc2C(F)(F)F)c(C)c1Cl. The van der Waals surface area contributed by atoms with Gasteiger partial charge in [-0.25, -0.2) is 4.68 Å². The van der Waals surface area contributed by atoms with E-state index in [1.54, 1.807) is 19.9 Å². The summed E-state index contributed by atoms with van der Waals surface area (Å²) in [5.74, 6) is 0. The first-order valence-corrected chi connectivity index (χ1v) is 6.25. The van der Waals surface area contributed by atoms with Crippen molar-refractivity contribution in [2.24, 2.45) is 5.73 Å². The minimum atomic E-state index is -4.49. The van der Waals surface area contributed by atoms with Crippen molar-refractivity contribution in [1.29, 1.82) is 0 Å². The average Bonchev–Trinajstić information content (AvgIpc) is 2.65. The maximum Gasteiger partial charge on any atom is 0.418 e. The standard InChI is InChI=1S/C13H13ClF3N3/c1-7-12(14)8(2)20(19-7)11-4-3-9(6-18)5-10(11)13(15,16)17/h3-5H,6,18H2,1-2H3. The van der Waals surface area contributed by atoms with Crippen molar-refractivity contribution in [2.45, 2.75) is 26.6 Å². The molecule has 0 saturated carbocycles. The molecule has 0 bridgehead atoms. The van der Waals surface area contributed by atoms with Gasteiger partial charge in [-0.05, 0) is 31.5 Å². The molecule has 1 heterocycles. The fraction of sp³-hybridized carbons (Fsp3) is 0.308. The Morgan fingerprint density at radius 3 is 2.40 bits per heavy atom. The minimum Gasteiger partial charge on any atom is -0.326 e. The molecule has 3 nitrogen and oxygen atoms in total. The van der Waals surface area contributed by atoms with Crippen LogP contribution in [0.25, 0.3) is 5.69 Å². The van der Waals surface area contributed by atoms with Crippen molar-refractivity contribution in [3.8, 4) is 5.69 Å². The van der Waals surface area contributed by atoms with Crippen LogP contribution in [0.5, 0.6) is 0 Å². The zero-order valence-corrected chi connectivity index (χ0v) is 11.7. The summed E-state index contributed by atoms with van der Waals surface area (Å²) >= 11 is 5.99. The van der Waals surface area contributed by atoms with E-state index in [-0.39, 0.29) is 12.2 Å². The number of rotatable bonds is 2. The highest BCUT2D eigenvalue weighted by Gasteiger charge is 2.35. The smallest absolute Gasteiger partial charge is 0.326 e. The molecule has 0 aliphatic heterocycles. The van der Waals surface area contributed by atoms with Crippen LogP contribution in [-0.2, 0) is 12.7 Å². The zero-order valence-electron chi connectivity index (χ0n) is 10.9. The zero-order chi connectivity index (χ0) is 15.1. The van der Waals surface area contributed by atoms with Gasteiger partial charge in [0.25, 0.3) is 0 Å². The molecule has 0 spiro atoms. The Labute approximate surface area is 119 Å². The van der Waals surface area contributed by atoms with Gasteiger partial charge >= 0.3 is 6.18 Å². The van der Waals surface area contributed by atoms with Gasteiger partial charge in [0, 0.05) is 6.54 Å². The number of halogens is 4. The third-order valence-corrected chi connectivity index (χ3v) is 3.58. The molecule has 1 aromatic carbocycles. The molecule has 0 radical (unpaired) electrons. The van der Waals surface area contributed by atoms with Crippen molar-refractivity contribution in [3.63, 3.8) is 0 Å². The second-order valence-electron chi connectivity index (χ2n) is 4.45. The quantitative estimate of drug-likeness (QED) is 0.921. The predicted molar refractivity (Wildman–Crippen MR) is 70.9 cm³/mol. The second-order valence-corrected chi connectivity index (χ2v) is 4.83. The summed E-state index contributed by atoms with van der Waals surface area (Å²) in [5, 5.41) is 4.43. The van der Waals surface area contributed by atoms with Crippen molar-refractivity contribution in [2.75, 3.05) is 0 Å². The molecule has 1 aromatic heterocycles. The van der Waals surface area contributed by atoms with Crippen LogP contribution in [0, 0.1) is 13.8 Å². The molecule has 0 amide bonds. The summed E-state index contributed by atoms with van der Waals surface area (Å²) in [6, 6.07) is 3.95. The van der Waals surface area contributed by atoms with E-state index in [4.69, 9.17) is 17.3 Å². The van der Waals surface area contributed by atoms with Gasteiger partial charge in [-0.1, -0.05) is 17.7 Å². The van der Waals surface area contributed by atoms with Crippen LogP contribution in [-0.4, -0.2) is 9.78 Å². The van der Waals surface area contributed by atoms with E-state index in [1.165, 1.54) is 10.7 Å². The third kappa shape index (κ3) is 2.53. The van der Waals surface area contributed by atoms with Crippen LogP contribution in [0.1, 0.15) is 22.5 Å². The number of nitrogens with zero attached hydrogens (tertiary/aromatic N) is 2. The number of aromatic nitrogens is 2. The van der Waals surface area contributed by atoms with Gasteiger partial charge < -0.3 is 5.73 Å². The Morgan fingerprint density at radius 2 is 1.95 bits per heavy atom. The monoisotopic (exact) mass is 303 g/mol. The van der Waals surface area contributed by atoms with Gasteiger partial charge in [0.15, 0.2) is 0 Å². The molecule has 108 valence electrons. The lowest BCUT2D eigenvalue weighted by Crippen LogP contribution is -2.13. The summed E-state index contributed by atoms with van der Waals surface area (Å²) in [6.07, 6.45) is -4.49. The fourth-order valence-electron chi connectivity index (χ4n) is 1.98. The molecular weight excluding hydrogens is 291 g/mol. The number of benzene rings is 1. The van der Waals surface area contributed by atoms with E-state index in [9.17, 15) is 13.2 Å². The van der Waals surface area contributed by atoms with Crippen molar-refractivity contribution < 1.29 is 13.2 Å². The summed E-state index contributed by atoms with van der Waals surface area (Å²) in [6.45, 7) is 3.31. The maximum atomic E-state index is 13.2. The highest BCUT2D eigenvalue weighted by Crippen LogP contribution is 2.35. The van der Waals surface area contributed by atoms with E-state index in [0.29, 0.717) is 22.0 Å². The fourth-order valence-corrected chi connectivity index (χ4v) is 2.10. The maximum absolute atomic E-state index is 13.2. The molecule has 0 atom stereocenters. The lowest BCUT2D eigenvalue weighted by atomic mass is 10.1. The van der Waals surface area contributed by atoms with Crippen molar-refractivity contribution in [3.05, 3.63) is 45.7 Å². The lowest BCUT2D eigenvalue weighted by Gasteiger charge is -2.15. The van der Waals surface area contributed by atoms with Gasteiger partial charge in [-0.2, -0.15) is 18.3 Å². The van der Waals surface area contributed by atoms with Crippen LogP contribution in [0.2, 0.25) is 5.02 Å². The van der Waals surface area contributed by atoms with Crippen LogP contribution >= 0.6 is 11.6 Å². The minimum absolute atomic E-state index is 0.0429. The first kappa shape index (κ1) is 14.9. The summed E-state index contributed by atoms with van der Waals surface area (Å²) in [5.41, 5.74) is 5.93. The van der Waals surface area contributed by atoms with Gasteiger partial charge in [0.2, 0.25) is 0 Å². The summed E-state index contributed by atoms with van der Waals surface area (Å²) in [7, 11) is 0. The Bertz CT molecular complexity index is 647. The Morgan fingerprint density at radius 1 is 1.30 bits per heavy atom. The number of hydrogen-bond donors (Lipinski definition) is 1.